The minimum absolute atomic E-state index is 0.0140. The van der Waals surface area contributed by atoms with Crippen molar-refractivity contribution >= 4 is 33.2 Å². The van der Waals surface area contributed by atoms with E-state index in [1.807, 2.05) is 23.1 Å². The van der Waals surface area contributed by atoms with E-state index >= 15 is 0 Å². The monoisotopic (exact) mass is 432 g/mol. The Morgan fingerprint density at radius 1 is 1.07 bits per heavy atom. The van der Waals surface area contributed by atoms with Crippen LogP contribution in [0.15, 0.2) is 47.4 Å². The second kappa shape index (κ2) is 7.65. The predicted octanol–water partition coefficient (Wildman–Crippen LogP) is 4.21. The highest BCUT2D eigenvalue weighted by molar-refractivity contribution is 7.93. The van der Waals surface area contributed by atoms with Gasteiger partial charge in [-0.2, -0.15) is 0 Å². The third kappa shape index (κ3) is 3.76. The summed E-state index contributed by atoms with van der Waals surface area (Å²) in [6.45, 7) is 6.02. The molecule has 2 aromatic carbocycles. The van der Waals surface area contributed by atoms with Gasteiger partial charge in [0.1, 0.15) is 4.90 Å². The molecule has 2 heterocycles. The average Bonchev–Trinajstić information content (AvgIpc) is 3.12. The van der Waals surface area contributed by atoms with E-state index in [1.54, 1.807) is 12.1 Å². The van der Waals surface area contributed by atoms with Gasteiger partial charge in [0, 0.05) is 25.2 Å². The average molecular weight is 433 g/mol. The van der Waals surface area contributed by atoms with Crippen molar-refractivity contribution in [2.45, 2.75) is 31.6 Å². The van der Waals surface area contributed by atoms with E-state index in [4.69, 9.17) is 11.6 Å². The van der Waals surface area contributed by atoms with Gasteiger partial charge in [-0.3, -0.25) is 9.10 Å². The first-order valence-electron chi connectivity index (χ1n) is 9.97. The fourth-order valence-electron chi connectivity index (χ4n) is 4.52. The summed E-state index contributed by atoms with van der Waals surface area (Å²) < 4.78 is 28.2. The van der Waals surface area contributed by atoms with Gasteiger partial charge in [0.25, 0.3) is 15.9 Å². The summed E-state index contributed by atoms with van der Waals surface area (Å²) in [5, 5.41) is 0.131. The van der Waals surface area contributed by atoms with Crippen LogP contribution in [-0.4, -0.2) is 38.9 Å². The number of amides is 1. The Morgan fingerprint density at radius 2 is 1.76 bits per heavy atom. The number of carbonyl (C=O) groups is 1. The van der Waals surface area contributed by atoms with Crippen molar-refractivity contribution < 1.29 is 13.2 Å². The Morgan fingerprint density at radius 3 is 2.48 bits per heavy atom. The van der Waals surface area contributed by atoms with Crippen molar-refractivity contribution in [3.05, 3.63) is 58.6 Å². The number of nitrogens with zero attached hydrogens (tertiary/aromatic N) is 2. The van der Waals surface area contributed by atoms with E-state index in [1.165, 1.54) is 16.4 Å². The maximum atomic E-state index is 13.4. The molecule has 0 N–H and O–H groups in total. The standard InChI is InChI=1S/C22H25ClN2O3S/c1-15-11-16(2)14-24(13-15)22(26)18-7-8-19(23)21(12-18)29(27,28)25-10-9-17-5-3-4-6-20(17)25/h3-8,12,15-16H,9-11,13-14H2,1-2H3. The lowest BCUT2D eigenvalue weighted by Gasteiger charge is -2.35. The van der Waals surface area contributed by atoms with E-state index < -0.39 is 10.0 Å². The van der Waals surface area contributed by atoms with Gasteiger partial charge < -0.3 is 4.90 Å². The largest absolute Gasteiger partial charge is 0.338 e. The summed E-state index contributed by atoms with van der Waals surface area (Å²) in [5.41, 5.74) is 2.04. The van der Waals surface area contributed by atoms with Crippen LogP contribution in [0.4, 0.5) is 5.69 Å². The number of fused-ring (bicyclic) bond motifs is 1. The molecule has 2 unspecified atom stereocenters. The predicted molar refractivity (Wildman–Crippen MR) is 115 cm³/mol. The Balaban J connectivity index is 1.68. The molecule has 154 valence electrons. The number of benzene rings is 2. The first-order valence-corrected chi connectivity index (χ1v) is 11.8. The van der Waals surface area contributed by atoms with Gasteiger partial charge in [-0.15, -0.1) is 0 Å². The van der Waals surface area contributed by atoms with Gasteiger partial charge >= 0.3 is 0 Å². The lowest BCUT2D eigenvalue weighted by Crippen LogP contribution is -2.42. The molecule has 2 aromatic rings. The number of likely N-dealkylation sites (tertiary alicyclic amines) is 1. The number of anilines is 1. The molecule has 0 bridgehead atoms. The summed E-state index contributed by atoms with van der Waals surface area (Å²) in [6.07, 6.45) is 1.76. The molecular weight excluding hydrogens is 408 g/mol. The van der Waals surface area contributed by atoms with Crippen LogP contribution in [0.2, 0.25) is 5.02 Å². The number of carbonyl (C=O) groups excluding carboxylic acids is 1. The zero-order chi connectivity index (χ0) is 20.8. The summed E-state index contributed by atoms with van der Waals surface area (Å²) in [6, 6.07) is 12.0. The molecule has 5 nitrogen and oxygen atoms in total. The Kier molecular flexibility index (Phi) is 5.34. The highest BCUT2D eigenvalue weighted by Crippen LogP contribution is 2.35. The molecule has 29 heavy (non-hydrogen) atoms. The molecule has 1 amide bonds. The van der Waals surface area contributed by atoms with Gasteiger partial charge in [-0.25, -0.2) is 8.42 Å². The van der Waals surface area contributed by atoms with Crippen molar-refractivity contribution in [2.75, 3.05) is 23.9 Å². The molecule has 0 aromatic heterocycles. The van der Waals surface area contributed by atoms with Crippen LogP contribution in [0.3, 0.4) is 0 Å². The summed E-state index contributed by atoms with van der Waals surface area (Å²) in [7, 11) is -3.86. The molecule has 2 atom stereocenters. The molecule has 2 aliphatic heterocycles. The lowest BCUT2D eigenvalue weighted by molar-refractivity contribution is 0.0623. The van der Waals surface area contributed by atoms with Crippen LogP contribution >= 0.6 is 11.6 Å². The number of hydrogen-bond acceptors (Lipinski definition) is 3. The van der Waals surface area contributed by atoms with E-state index in [2.05, 4.69) is 13.8 Å². The molecule has 7 heteroatoms. The molecular formula is C22H25ClN2O3S. The van der Waals surface area contributed by atoms with Gasteiger partial charge in [0.05, 0.1) is 10.7 Å². The quantitative estimate of drug-likeness (QED) is 0.730. The first-order chi connectivity index (χ1) is 13.8. The SMILES string of the molecule is CC1CC(C)CN(C(=O)c2ccc(Cl)c(S(=O)(=O)N3CCc4ccccc43)c2)C1. The summed E-state index contributed by atoms with van der Waals surface area (Å²) >= 11 is 6.29. The lowest BCUT2D eigenvalue weighted by atomic mass is 9.91. The molecule has 4 rings (SSSR count). The Bertz CT molecular complexity index is 1040. The van der Waals surface area contributed by atoms with Crippen molar-refractivity contribution in [1.82, 2.24) is 4.90 Å². The molecule has 0 aliphatic carbocycles. The number of sulfonamides is 1. The van der Waals surface area contributed by atoms with Crippen molar-refractivity contribution in [2.24, 2.45) is 11.8 Å². The van der Waals surface area contributed by atoms with Crippen LogP contribution in [0.25, 0.3) is 0 Å². The van der Waals surface area contributed by atoms with Gasteiger partial charge in [-0.1, -0.05) is 43.6 Å². The van der Waals surface area contributed by atoms with Crippen molar-refractivity contribution in [1.29, 1.82) is 0 Å². The van der Waals surface area contributed by atoms with Crippen molar-refractivity contribution in [3.8, 4) is 0 Å². The third-order valence-electron chi connectivity index (χ3n) is 5.75. The zero-order valence-electron chi connectivity index (χ0n) is 16.6. The summed E-state index contributed by atoms with van der Waals surface area (Å²) in [5.74, 6) is 0.719. The normalized spacial score (nSPS) is 21.9. The molecule has 1 saturated heterocycles. The number of piperidine rings is 1. The minimum Gasteiger partial charge on any atom is -0.338 e. The fraction of sp³-hybridized carbons (Fsp3) is 0.409. The zero-order valence-corrected chi connectivity index (χ0v) is 18.2. The third-order valence-corrected chi connectivity index (χ3v) is 8.04. The van der Waals surface area contributed by atoms with E-state index in [0.717, 1.165) is 12.0 Å². The smallest absolute Gasteiger partial charge is 0.265 e. The number of hydrogen-bond donors (Lipinski definition) is 0. The van der Waals surface area contributed by atoms with Crippen LogP contribution in [-0.2, 0) is 16.4 Å². The van der Waals surface area contributed by atoms with E-state index in [0.29, 0.717) is 49.1 Å². The second-order valence-electron chi connectivity index (χ2n) is 8.26. The molecule has 0 saturated carbocycles. The van der Waals surface area contributed by atoms with Crippen LogP contribution in [0.1, 0.15) is 36.2 Å². The Hall–Kier alpha value is -2.05. The maximum absolute atomic E-state index is 13.4. The van der Waals surface area contributed by atoms with Gasteiger partial charge in [0.15, 0.2) is 0 Å². The van der Waals surface area contributed by atoms with Crippen LogP contribution < -0.4 is 4.31 Å². The maximum Gasteiger partial charge on any atom is 0.265 e. The van der Waals surface area contributed by atoms with Gasteiger partial charge in [0.2, 0.25) is 0 Å². The molecule has 2 aliphatic rings. The van der Waals surface area contributed by atoms with Crippen LogP contribution in [0.5, 0.6) is 0 Å². The number of para-hydroxylation sites is 1. The van der Waals surface area contributed by atoms with Crippen LogP contribution in [0, 0.1) is 11.8 Å². The first kappa shape index (κ1) is 20.2. The minimum atomic E-state index is -3.86. The molecule has 0 spiro atoms. The number of halogens is 1. The van der Waals surface area contributed by atoms with E-state index in [9.17, 15) is 13.2 Å². The fourth-order valence-corrected chi connectivity index (χ4v) is 6.53. The topological polar surface area (TPSA) is 57.7 Å². The van der Waals surface area contributed by atoms with E-state index in [-0.39, 0.29) is 15.8 Å². The molecule has 0 radical (unpaired) electrons. The van der Waals surface area contributed by atoms with Crippen molar-refractivity contribution in [3.63, 3.8) is 0 Å². The number of rotatable bonds is 3. The summed E-state index contributed by atoms with van der Waals surface area (Å²) in [4.78, 5) is 14.9. The Labute approximate surface area is 177 Å². The van der Waals surface area contributed by atoms with Gasteiger partial charge in [-0.05, 0) is 54.5 Å². The second-order valence-corrected chi connectivity index (χ2v) is 10.5. The highest BCUT2D eigenvalue weighted by atomic mass is 35.5. The highest BCUT2D eigenvalue weighted by Gasteiger charge is 2.33. The molecule has 1 fully saturated rings.